The predicted molar refractivity (Wildman–Crippen MR) is 84.0 cm³/mol. The number of carbonyl (C=O) groups excluding carboxylic acids is 1. The molecule has 21 heavy (non-hydrogen) atoms. The van der Waals surface area contributed by atoms with Gasteiger partial charge in [0, 0.05) is 18.1 Å². The lowest BCUT2D eigenvalue weighted by atomic mass is 10.1. The van der Waals surface area contributed by atoms with Crippen LogP contribution in [-0.2, 0) is 0 Å². The zero-order valence-electron chi connectivity index (χ0n) is 12.1. The van der Waals surface area contributed by atoms with Crippen LogP contribution in [0.25, 0.3) is 0 Å². The van der Waals surface area contributed by atoms with E-state index in [1.807, 2.05) is 32.0 Å². The van der Waals surface area contributed by atoms with E-state index in [0.717, 1.165) is 16.8 Å². The van der Waals surface area contributed by atoms with Crippen LogP contribution in [0.4, 0.5) is 5.69 Å². The summed E-state index contributed by atoms with van der Waals surface area (Å²) >= 11 is 0. The molecular weight excluding hydrogens is 262 g/mol. The lowest BCUT2D eigenvalue weighted by Gasteiger charge is -2.11. The normalized spacial score (nSPS) is 9.67. The third-order valence-corrected chi connectivity index (χ3v) is 3.24. The quantitative estimate of drug-likeness (QED) is 0.829. The number of hydrogen-bond donors (Lipinski definition) is 2. The van der Waals surface area contributed by atoms with Gasteiger partial charge in [0.25, 0.3) is 5.91 Å². The van der Waals surface area contributed by atoms with Crippen LogP contribution in [0.2, 0.25) is 0 Å². The first kappa shape index (κ1) is 14.8. The number of anilines is 1. The minimum Gasteiger partial charge on any atom is -0.322 e. The van der Waals surface area contributed by atoms with Gasteiger partial charge >= 0.3 is 0 Å². The first-order chi connectivity index (χ1) is 10.1. The molecule has 1 aromatic carbocycles. The molecular formula is C17H17N3O. The Balaban J connectivity index is 2.31. The molecule has 0 aliphatic rings. The molecule has 0 radical (unpaired) electrons. The molecule has 3 N–H and O–H groups in total. The summed E-state index contributed by atoms with van der Waals surface area (Å²) in [6, 6.07) is 7.46. The molecule has 106 valence electrons. The van der Waals surface area contributed by atoms with Gasteiger partial charge < -0.3 is 11.1 Å². The van der Waals surface area contributed by atoms with E-state index >= 15 is 0 Å². The van der Waals surface area contributed by atoms with E-state index < -0.39 is 0 Å². The van der Waals surface area contributed by atoms with Crippen LogP contribution in [0, 0.1) is 25.7 Å². The molecule has 0 aliphatic carbocycles. The molecule has 1 amide bonds. The van der Waals surface area contributed by atoms with Gasteiger partial charge in [0.05, 0.1) is 17.7 Å². The van der Waals surface area contributed by atoms with Gasteiger partial charge in [-0.05, 0) is 37.1 Å². The van der Waals surface area contributed by atoms with Crippen molar-refractivity contribution < 1.29 is 4.79 Å². The average molecular weight is 279 g/mol. The Morgan fingerprint density at radius 2 is 2.14 bits per heavy atom. The van der Waals surface area contributed by atoms with Crippen LogP contribution in [0.1, 0.15) is 27.0 Å². The maximum atomic E-state index is 12.4. The molecule has 4 heteroatoms. The van der Waals surface area contributed by atoms with Gasteiger partial charge in [-0.25, -0.2) is 0 Å². The molecule has 0 aliphatic heterocycles. The van der Waals surface area contributed by atoms with E-state index in [1.54, 1.807) is 18.5 Å². The van der Waals surface area contributed by atoms with Crippen molar-refractivity contribution in [1.82, 2.24) is 4.98 Å². The monoisotopic (exact) mass is 279 g/mol. The van der Waals surface area contributed by atoms with Crippen LogP contribution in [0.15, 0.2) is 36.7 Å². The summed E-state index contributed by atoms with van der Waals surface area (Å²) in [5.74, 6) is 5.41. The largest absolute Gasteiger partial charge is 0.322 e. The van der Waals surface area contributed by atoms with Crippen molar-refractivity contribution in [3.05, 3.63) is 58.9 Å². The molecule has 0 bridgehead atoms. The molecule has 0 unspecified atom stereocenters. The number of hydrogen-bond acceptors (Lipinski definition) is 3. The Morgan fingerprint density at radius 1 is 1.33 bits per heavy atom. The summed E-state index contributed by atoms with van der Waals surface area (Å²) in [7, 11) is 0. The highest BCUT2D eigenvalue weighted by atomic mass is 16.1. The Kier molecular flexibility index (Phi) is 4.70. The lowest BCUT2D eigenvalue weighted by molar-refractivity contribution is 0.102. The van der Waals surface area contributed by atoms with Crippen LogP contribution in [0.5, 0.6) is 0 Å². The lowest BCUT2D eigenvalue weighted by Crippen LogP contribution is -2.14. The third-order valence-electron chi connectivity index (χ3n) is 3.24. The average Bonchev–Trinajstić information content (AvgIpc) is 2.50. The van der Waals surface area contributed by atoms with Crippen molar-refractivity contribution in [1.29, 1.82) is 0 Å². The Bertz CT molecular complexity index is 726. The van der Waals surface area contributed by atoms with Gasteiger partial charge in [-0.15, -0.1) is 0 Å². The summed E-state index contributed by atoms with van der Waals surface area (Å²) in [6.07, 6.45) is 3.15. The van der Waals surface area contributed by atoms with Crippen molar-refractivity contribution in [2.75, 3.05) is 11.9 Å². The topological polar surface area (TPSA) is 68.0 Å². The van der Waals surface area contributed by atoms with E-state index in [1.165, 1.54) is 0 Å². The Morgan fingerprint density at radius 3 is 2.90 bits per heavy atom. The van der Waals surface area contributed by atoms with Gasteiger partial charge in [0.1, 0.15) is 0 Å². The SMILES string of the molecule is Cc1cccc(NC(=O)c2ccncc2C#CCN)c1C. The molecule has 2 rings (SSSR count). The van der Waals surface area contributed by atoms with Gasteiger partial charge in [-0.3, -0.25) is 9.78 Å². The number of nitrogens with one attached hydrogen (secondary N) is 1. The number of aryl methyl sites for hydroxylation is 1. The number of nitrogens with two attached hydrogens (primary N) is 1. The smallest absolute Gasteiger partial charge is 0.257 e. The highest BCUT2D eigenvalue weighted by Gasteiger charge is 2.11. The minimum absolute atomic E-state index is 0.201. The zero-order valence-corrected chi connectivity index (χ0v) is 12.1. The van der Waals surface area contributed by atoms with Crippen LogP contribution >= 0.6 is 0 Å². The van der Waals surface area contributed by atoms with Crippen molar-refractivity contribution >= 4 is 11.6 Å². The summed E-state index contributed by atoms with van der Waals surface area (Å²) < 4.78 is 0. The number of amides is 1. The molecule has 2 aromatic rings. The number of benzene rings is 1. The van der Waals surface area contributed by atoms with Crippen LogP contribution in [0.3, 0.4) is 0 Å². The van der Waals surface area contributed by atoms with Gasteiger partial charge in [0.15, 0.2) is 0 Å². The number of pyridine rings is 1. The third kappa shape index (κ3) is 3.47. The number of aromatic nitrogens is 1. The standard InChI is InChI=1S/C17H17N3O/c1-12-5-3-7-16(13(12)2)20-17(21)15-8-10-19-11-14(15)6-4-9-18/h3,5,7-8,10-11H,9,18H2,1-2H3,(H,20,21). The van der Waals surface area contributed by atoms with E-state index in [4.69, 9.17) is 5.73 Å². The molecule has 0 saturated carbocycles. The molecule has 0 saturated heterocycles. The summed E-state index contributed by atoms with van der Waals surface area (Å²) in [4.78, 5) is 16.4. The number of rotatable bonds is 2. The second-order valence-electron chi connectivity index (χ2n) is 4.63. The van der Waals surface area contributed by atoms with Crippen LogP contribution < -0.4 is 11.1 Å². The molecule has 1 aromatic heterocycles. The van der Waals surface area contributed by atoms with E-state index in [2.05, 4.69) is 22.1 Å². The van der Waals surface area contributed by atoms with Crippen molar-refractivity contribution in [2.24, 2.45) is 5.73 Å². The van der Waals surface area contributed by atoms with Crippen LogP contribution in [-0.4, -0.2) is 17.4 Å². The molecule has 4 nitrogen and oxygen atoms in total. The highest BCUT2D eigenvalue weighted by Crippen LogP contribution is 2.19. The van der Waals surface area contributed by atoms with Crippen molar-refractivity contribution in [2.45, 2.75) is 13.8 Å². The van der Waals surface area contributed by atoms with E-state index in [-0.39, 0.29) is 12.5 Å². The van der Waals surface area contributed by atoms with Gasteiger partial charge in [-0.2, -0.15) is 0 Å². The molecule has 0 spiro atoms. The number of carbonyl (C=O) groups is 1. The maximum Gasteiger partial charge on any atom is 0.257 e. The summed E-state index contributed by atoms with van der Waals surface area (Å²) in [6.45, 7) is 4.23. The first-order valence-electron chi connectivity index (χ1n) is 6.64. The summed E-state index contributed by atoms with van der Waals surface area (Å²) in [5, 5.41) is 2.92. The zero-order chi connectivity index (χ0) is 15.2. The molecule has 0 fully saturated rings. The summed E-state index contributed by atoms with van der Waals surface area (Å²) in [5.41, 5.74) is 9.42. The first-order valence-corrected chi connectivity index (χ1v) is 6.64. The fraction of sp³-hybridized carbons (Fsp3) is 0.176. The van der Waals surface area contributed by atoms with Crippen molar-refractivity contribution in [3.63, 3.8) is 0 Å². The van der Waals surface area contributed by atoms with Gasteiger partial charge in [0.2, 0.25) is 0 Å². The predicted octanol–water partition coefficient (Wildman–Crippen LogP) is 2.26. The molecule has 0 atom stereocenters. The maximum absolute atomic E-state index is 12.4. The van der Waals surface area contributed by atoms with Gasteiger partial charge in [-0.1, -0.05) is 24.0 Å². The minimum atomic E-state index is -0.201. The molecule has 1 heterocycles. The van der Waals surface area contributed by atoms with E-state index in [9.17, 15) is 4.79 Å². The van der Waals surface area contributed by atoms with E-state index in [0.29, 0.717) is 11.1 Å². The Hall–Kier alpha value is -2.64. The highest BCUT2D eigenvalue weighted by molar-refractivity contribution is 6.06. The second-order valence-corrected chi connectivity index (χ2v) is 4.63. The fourth-order valence-corrected chi connectivity index (χ4v) is 1.91. The second kappa shape index (κ2) is 6.69. The number of nitrogens with zero attached hydrogens (tertiary/aromatic N) is 1. The Labute approximate surface area is 124 Å². The van der Waals surface area contributed by atoms with Crippen molar-refractivity contribution in [3.8, 4) is 11.8 Å². The fourth-order valence-electron chi connectivity index (χ4n) is 1.91.